The minimum atomic E-state index is 0.221. The molecule has 2 nitrogen and oxygen atoms in total. The van der Waals surface area contributed by atoms with E-state index >= 15 is 0 Å². The second-order valence-electron chi connectivity index (χ2n) is 4.61. The Morgan fingerprint density at radius 2 is 1.75 bits per heavy atom. The number of hydrogen-bond donors (Lipinski definition) is 0. The van der Waals surface area contributed by atoms with Gasteiger partial charge in [0.05, 0.1) is 11.9 Å². The topological polar surface area (TPSA) is 24.7 Å². The van der Waals surface area contributed by atoms with Gasteiger partial charge in [-0.3, -0.25) is 4.99 Å². The highest BCUT2D eigenvalue weighted by Gasteiger charge is 1.97. The first-order valence-electron chi connectivity index (χ1n) is 6.26. The van der Waals surface area contributed by atoms with Crippen molar-refractivity contribution < 1.29 is 0 Å². The Kier molecular flexibility index (Phi) is 6.13. The van der Waals surface area contributed by atoms with Gasteiger partial charge in [-0.1, -0.05) is 54.6 Å². The highest BCUT2D eigenvalue weighted by Crippen LogP contribution is 2.14. The molecule has 0 unspecified atom stereocenters. The third kappa shape index (κ3) is 5.37. The highest BCUT2D eigenvalue weighted by molar-refractivity contribution is 6.39. The van der Waals surface area contributed by atoms with Crippen LogP contribution >= 0.6 is 11.6 Å². The Hall–Kier alpha value is -1.93. The van der Waals surface area contributed by atoms with Crippen LogP contribution in [-0.2, 0) is 0 Å². The lowest BCUT2D eigenvalue weighted by Gasteiger charge is -2.02. The second kappa shape index (κ2) is 7.61. The molecule has 3 heteroatoms. The number of nitrogens with zero attached hydrogens (tertiary/aromatic N) is 2. The Labute approximate surface area is 125 Å². The van der Waals surface area contributed by atoms with Gasteiger partial charge in [-0.2, -0.15) is 0 Å². The van der Waals surface area contributed by atoms with Gasteiger partial charge in [-0.15, -0.1) is 0 Å². The molecule has 1 aromatic rings. The van der Waals surface area contributed by atoms with Crippen molar-refractivity contribution in [2.45, 2.75) is 20.8 Å². The van der Waals surface area contributed by atoms with Gasteiger partial charge in [0.25, 0.3) is 0 Å². The van der Waals surface area contributed by atoms with E-state index in [1.807, 2.05) is 13.8 Å². The first-order chi connectivity index (χ1) is 9.40. The van der Waals surface area contributed by atoms with Gasteiger partial charge in [-0.05, 0) is 37.5 Å². The van der Waals surface area contributed by atoms with Crippen LogP contribution in [0.4, 0.5) is 0 Å². The van der Waals surface area contributed by atoms with Crippen molar-refractivity contribution >= 4 is 29.1 Å². The monoisotopic (exact) mass is 286 g/mol. The predicted molar refractivity (Wildman–Crippen MR) is 90.6 cm³/mol. The third-order valence-electron chi connectivity index (χ3n) is 2.67. The predicted octanol–water partition coefficient (Wildman–Crippen LogP) is 5.15. The van der Waals surface area contributed by atoms with E-state index in [0.717, 1.165) is 16.7 Å². The van der Waals surface area contributed by atoms with E-state index in [1.54, 1.807) is 12.4 Å². The summed E-state index contributed by atoms with van der Waals surface area (Å²) in [7, 11) is 0. The van der Waals surface area contributed by atoms with Gasteiger partial charge >= 0.3 is 0 Å². The fourth-order valence-corrected chi connectivity index (χ4v) is 1.49. The molecular formula is C17H19ClN2. The van der Waals surface area contributed by atoms with Crippen molar-refractivity contribution in [1.82, 2.24) is 0 Å². The molecule has 0 aliphatic rings. The summed E-state index contributed by atoms with van der Waals surface area (Å²) in [6.45, 7) is 13.3. The summed E-state index contributed by atoms with van der Waals surface area (Å²) in [6, 6.07) is 8.31. The van der Waals surface area contributed by atoms with E-state index in [9.17, 15) is 0 Å². The van der Waals surface area contributed by atoms with E-state index in [-0.39, 0.29) is 5.16 Å². The van der Waals surface area contributed by atoms with Gasteiger partial charge in [0.15, 0.2) is 0 Å². The summed E-state index contributed by atoms with van der Waals surface area (Å²) in [4.78, 5) is 8.33. The number of benzene rings is 1. The number of allylic oxidation sites excluding steroid dienone is 2. The van der Waals surface area contributed by atoms with E-state index in [2.05, 4.69) is 54.3 Å². The number of aliphatic imine (C=N–C) groups is 2. The molecule has 1 aromatic carbocycles. The third-order valence-corrected chi connectivity index (χ3v) is 2.77. The van der Waals surface area contributed by atoms with Crippen LogP contribution in [0.1, 0.15) is 25.0 Å². The average Bonchev–Trinajstić information content (AvgIpc) is 2.38. The van der Waals surface area contributed by atoms with Crippen molar-refractivity contribution in [2.24, 2.45) is 9.98 Å². The van der Waals surface area contributed by atoms with Crippen molar-refractivity contribution in [3.05, 3.63) is 65.5 Å². The van der Waals surface area contributed by atoms with E-state index in [4.69, 9.17) is 11.6 Å². The summed E-state index contributed by atoms with van der Waals surface area (Å²) in [5, 5.41) is 0.221. The normalized spacial score (nSPS) is 12.8. The smallest absolute Gasteiger partial charge is 0.121 e. The molecule has 20 heavy (non-hydrogen) atoms. The van der Waals surface area contributed by atoms with Crippen LogP contribution in [0.15, 0.2) is 64.3 Å². The van der Waals surface area contributed by atoms with E-state index < -0.39 is 0 Å². The molecule has 0 fully saturated rings. The first-order valence-corrected chi connectivity index (χ1v) is 6.64. The van der Waals surface area contributed by atoms with Gasteiger partial charge in [0, 0.05) is 6.20 Å². The fraction of sp³-hybridized carbons (Fsp3) is 0.176. The van der Waals surface area contributed by atoms with Crippen molar-refractivity contribution in [2.75, 3.05) is 0 Å². The maximum absolute atomic E-state index is 5.61. The van der Waals surface area contributed by atoms with Crippen LogP contribution in [-0.4, -0.2) is 11.9 Å². The van der Waals surface area contributed by atoms with Crippen molar-refractivity contribution in [3.8, 4) is 0 Å². The fourth-order valence-electron chi connectivity index (χ4n) is 1.44. The lowest BCUT2D eigenvalue weighted by Crippen LogP contribution is -2.00. The van der Waals surface area contributed by atoms with Crippen LogP contribution in [0, 0.1) is 6.92 Å². The van der Waals surface area contributed by atoms with Gasteiger partial charge in [0.1, 0.15) is 5.16 Å². The SMILES string of the molecule is C=C(Cl)\N=C/C(=N/C=C(\C)c1ccc(C)cc1)C(=C)C. The van der Waals surface area contributed by atoms with Crippen LogP contribution in [0.5, 0.6) is 0 Å². The highest BCUT2D eigenvalue weighted by atomic mass is 35.5. The Morgan fingerprint density at radius 3 is 2.25 bits per heavy atom. The van der Waals surface area contributed by atoms with E-state index in [0.29, 0.717) is 5.71 Å². The largest absolute Gasteiger partial charge is 0.255 e. The summed E-state index contributed by atoms with van der Waals surface area (Å²) in [5.41, 5.74) is 4.94. The summed E-state index contributed by atoms with van der Waals surface area (Å²) < 4.78 is 0. The van der Waals surface area contributed by atoms with Crippen molar-refractivity contribution in [3.63, 3.8) is 0 Å². The lowest BCUT2D eigenvalue weighted by atomic mass is 10.1. The summed E-state index contributed by atoms with van der Waals surface area (Å²) in [6.07, 6.45) is 3.37. The molecule has 0 amide bonds. The first kappa shape index (κ1) is 16.1. The van der Waals surface area contributed by atoms with Crippen LogP contribution in [0.25, 0.3) is 5.57 Å². The van der Waals surface area contributed by atoms with Crippen LogP contribution < -0.4 is 0 Å². The minimum Gasteiger partial charge on any atom is -0.255 e. The number of halogens is 1. The zero-order chi connectivity index (χ0) is 15.1. The molecule has 0 aliphatic carbocycles. The quantitative estimate of drug-likeness (QED) is 0.528. The summed E-state index contributed by atoms with van der Waals surface area (Å²) >= 11 is 5.61. The van der Waals surface area contributed by atoms with Crippen LogP contribution in [0.2, 0.25) is 0 Å². The zero-order valence-corrected chi connectivity index (χ0v) is 12.9. The second-order valence-corrected chi connectivity index (χ2v) is 5.04. The van der Waals surface area contributed by atoms with Crippen LogP contribution in [0.3, 0.4) is 0 Å². The van der Waals surface area contributed by atoms with Gasteiger partial charge in [0.2, 0.25) is 0 Å². The molecule has 0 spiro atoms. The Balaban J connectivity index is 3.00. The molecule has 1 rings (SSSR count). The van der Waals surface area contributed by atoms with Gasteiger partial charge < -0.3 is 0 Å². The molecule has 0 aromatic heterocycles. The average molecular weight is 287 g/mol. The van der Waals surface area contributed by atoms with Gasteiger partial charge in [-0.25, -0.2) is 4.99 Å². The molecule has 0 aliphatic heterocycles. The lowest BCUT2D eigenvalue weighted by molar-refractivity contribution is 1.43. The number of aryl methyl sites for hydroxylation is 1. The molecule has 0 atom stereocenters. The number of hydrogen-bond acceptors (Lipinski definition) is 2. The molecular weight excluding hydrogens is 268 g/mol. The molecule has 104 valence electrons. The molecule has 0 radical (unpaired) electrons. The minimum absolute atomic E-state index is 0.221. The molecule has 0 N–H and O–H groups in total. The molecule has 0 heterocycles. The summed E-state index contributed by atoms with van der Waals surface area (Å²) in [5.74, 6) is 0. The van der Waals surface area contributed by atoms with E-state index in [1.165, 1.54) is 5.56 Å². The molecule has 0 bridgehead atoms. The number of rotatable bonds is 5. The molecule has 0 saturated carbocycles. The zero-order valence-electron chi connectivity index (χ0n) is 12.2. The maximum atomic E-state index is 5.61. The van der Waals surface area contributed by atoms with Crippen molar-refractivity contribution in [1.29, 1.82) is 0 Å². The Morgan fingerprint density at radius 1 is 1.15 bits per heavy atom. The molecule has 0 saturated heterocycles. The maximum Gasteiger partial charge on any atom is 0.121 e. The Bertz CT molecular complexity index is 590. The standard InChI is InChI=1S/C17H19ClN2/c1-12(2)17(11-19-15(5)18)20-10-14(4)16-8-6-13(3)7-9-16/h6-11H,1,5H2,2-4H3/b14-10+,19-11-,20-17-.